The third-order valence-corrected chi connectivity index (χ3v) is 4.61. The number of amides is 2. The monoisotopic (exact) mass is 416 g/mol. The molecule has 0 bridgehead atoms. The second-order valence-electron chi connectivity index (χ2n) is 6.60. The SMILES string of the molecule is O=C(O[C@H]1C(=O)N(c2ccncc2)C(=O)[C@@H]1OC(=O)c1ccccc1)c1ccccc1. The van der Waals surface area contributed by atoms with E-state index in [1.807, 2.05) is 0 Å². The molecule has 2 heterocycles. The summed E-state index contributed by atoms with van der Waals surface area (Å²) in [5.41, 5.74) is 0.612. The molecule has 2 atom stereocenters. The van der Waals surface area contributed by atoms with E-state index in [1.165, 1.54) is 48.8 Å². The van der Waals surface area contributed by atoms with E-state index in [9.17, 15) is 19.2 Å². The van der Waals surface area contributed by atoms with Crippen molar-refractivity contribution in [1.82, 2.24) is 4.98 Å². The van der Waals surface area contributed by atoms with Gasteiger partial charge in [0.25, 0.3) is 11.8 Å². The number of carbonyl (C=O) groups is 4. The molecule has 1 aromatic heterocycles. The van der Waals surface area contributed by atoms with Crippen LogP contribution in [0.4, 0.5) is 5.69 Å². The summed E-state index contributed by atoms with van der Waals surface area (Å²) in [5, 5.41) is 0. The lowest BCUT2D eigenvalue weighted by Gasteiger charge is -2.16. The molecule has 8 heteroatoms. The van der Waals surface area contributed by atoms with Gasteiger partial charge in [0, 0.05) is 12.4 Å². The van der Waals surface area contributed by atoms with Gasteiger partial charge in [-0.25, -0.2) is 14.5 Å². The molecule has 4 rings (SSSR count). The van der Waals surface area contributed by atoms with Gasteiger partial charge in [0.15, 0.2) is 0 Å². The van der Waals surface area contributed by atoms with E-state index in [4.69, 9.17) is 9.47 Å². The number of benzene rings is 2. The van der Waals surface area contributed by atoms with Gasteiger partial charge in [-0.2, -0.15) is 0 Å². The van der Waals surface area contributed by atoms with Crippen LogP contribution in [0.5, 0.6) is 0 Å². The first-order valence-electron chi connectivity index (χ1n) is 9.36. The first-order valence-corrected chi connectivity index (χ1v) is 9.36. The predicted octanol–water partition coefficient (Wildman–Crippen LogP) is 2.41. The highest BCUT2D eigenvalue weighted by Gasteiger charge is 2.53. The van der Waals surface area contributed by atoms with Crippen LogP contribution in [0.1, 0.15) is 20.7 Å². The molecule has 31 heavy (non-hydrogen) atoms. The van der Waals surface area contributed by atoms with Gasteiger partial charge in [-0.1, -0.05) is 36.4 Å². The fraction of sp³-hybridized carbons (Fsp3) is 0.0870. The van der Waals surface area contributed by atoms with Crippen LogP contribution in [0.25, 0.3) is 0 Å². The van der Waals surface area contributed by atoms with Crippen LogP contribution in [0, 0.1) is 0 Å². The molecule has 3 aromatic rings. The van der Waals surface area contributed by atoms with E-state index in [1.54, 1.807) is 36.4 Å². The van der Waals surface area contributed by atoms with Gasteiger partial charge in [0.2, 0.25) is 12.2 Å². The number of hydrogen-bond donors (Lipinski definition) is 0. The van der Waals surface area contributed by atoms with Gasteiger partial charge < -0.3 is 9.47 Å². The minimum Gasteiger partial charge on any atom is -0.444 e. The van der Waals surface area contributed by atoms with E-state index in [0.717, 1.165) is 4.90 Å². The lowest BCUT2D eigenvalue weighted by molar-refractivity contribution is -0.130. The van der Waals surface area contributed by atoms with Crippen LogP contribution in [-0.4, -0.2) is 40.9 Å². The minimum absolute atomic E-state index is 0.193. The summed E-state index contributed by atoms with van der Waals surface area (Å²) in [6, 6.07) is 18.9. The van der Waals surface area contributed by atoms with Crippen molar-refractivity contribution in [1.29, 1.82) is 0 Å². The highest BCUT2D eigenvalue weighted by atomic mass is 16.6. The van der Waals surface area contributed by atoms with E-state index < -0.39 is 36.0 Å². The fourth-order valence-corrected chi connectivity index (χ4v) is 3.11. The predicted molar refractivity (Wildman–Crippen MR) is 108 cm³/mol. The number of anilines is 1. The van der Waals surface area contributed by atoms with Crippen molar-refractivity contribution in [2.75, 3.05) is 4.90 Å². The second-order valence-corrected chi connectivity index (χ2v) is 6.60. The molecular formula is C23H16N2O6. The van der Waals surface area contributed by atoms with Crippen LogP contribution in [0.2, 0.25) is 0 Å². The van der Waals surface area contributed by atoms with E-state index >= 15 is 0 Å². The van der Waals surface area contributed by atoms with Crippen molar-refractivity contribution in [2.24, 2.45) is 0 Å². The Morgan fingerprint density at radius 3 is 1.52 bits per heavy atom. The maximum Gasteiger partial charge on any atom is 0.339 e. The molecule has 1 saturated heterocycles. The molecule has 1 aliphatic rings. The van der Waals surface area contributed by atoms with Gasteiger partial charge in [-0.05, 0) is 36.4 Å². The number of rotatable bonds is 5. The van der Waals surface area contributed by atoms with Crippen molar-refractivity contribution >= 4 is 29.4 Å². The Labute approximate surface area is 177 Å². The highest BCUT2D eigenvalue weighted by molar-refractivity contribution is 6.25. The fourth-order valence-electron chi connectivity index (χ4n) is 3.11. The van der Waals surface area contributed by atoms with Crippen molar-refractivity contribution in [3.05, 3.63) is 96.3 Å². The molecule has 154 valence electrons. The molecule has 0 radical (unpaired) electrons. The average Bonchev–Trinajstić information content (AvgIpc) is 3.04. The molecule has 0 N–H and O–H groups in total. The number of nitrogens with zero attached hydrogens (tertiary/aromatic N) is 2. The van der Waals surface area contributed by atoms with Crippen molar-refractivity contribution in [2.45, 2.75) is 12.2 Å². The van der Waals surface area contributed by atoms with Crippen LogP contribution in [0.3, 0.4) is 0 Å². The van der Waals surface area contributed by atoms with Gasteiger partial charge in [-0.15, -0.1) is 0 Å². The van der Waals surface area contributed by atoms with Crippen LogP contribution in [0.15, 0.2) is 85.2 Å². The Kier molecular flexibility index (Phi) is 5.53. The number of imide groups is 1. The summed E-state index contributed by atoms with van der Waals surface area (Å²) < 4.78 is 10.7. The zero-order valence-corrected chi connectivity index (χ0v) is 16.1. The van der Waals surface area contributed by atoms with Gasteiger partial charge in [0.05, 0.1) is 16.8 Å². The van der Waals surface area contributed by atoms with Crippen LogP contribution in [-0.2, 0) is 19.1 Å². The summed E-state index contributed by atoms with van der Waals surface area (Å²) in [6.07, 6.45) is -0.434. The Morgan fingerprint density at radius 2 is 1.10 bits per heavy atom. The summed E-state index contributed by atoms with van der Waals surface area (Å²) in [4.78, 5) is 55.8. The largest absolute Gasteiger partial charge is 0.444 e. The number of pyridine rings is 1. The maximum absolute atomic E-state index is 13.0. The Morgan fingerprint density at radius 1 is 0.677 bits per heavy atom. The number of ether oxygens (including phenoxy) is 2. The highest BCUT2D eigenvalue weighted by Crippen LogP contribution is 2.27. The Hall–Kier alpha value is -4.33. The first kappa shape index (κ1) is 20.0. The second kappa shape index (κ2) is 8.58. The summed E-state index contributed by atoms with van der Waals surface area (Å²) in [7, 11) is 0. The van der Waals surface area contributed by atoms with Gasteiger partial charge in [0.1, 0.15) is 0 Å². The van der Waals surface area contributed by atoms with Crippen LogP contribution >= 0.6 is 0 Å². The zero-order valence-electron chi connectivity index (χ0n) is 16.1. The van der Waals surface area contributed by atoms with Crippen molar-refractivity contribution in [3.63, 3.8) is 0 Å². The first-order chi connectivity index (χ1) is 15.1. The molecule has 0 saturated carbocycles. The molecule has 1 aliphatic heterocycles. The van der Waals surface area contributed by atoms with E-state index in [0.29, 0.717) is 0 Å². The molecule has 0 aliphatic carbocycles. The number of carbonyl (C=O) groups excluding carboxylic acids is 4. The number of aromatic nitrogens is 1. The molecule has 1 fully saturated rings. The normalized spacial score (nSPS) is 18.0. The van der Waals surface area contributed by atoms with Crippen molar-refractivity contribution in [3.8, 4) is 0 Å². The topological polar surface area (TPSA) is 103 Å². The lowest BCUT2D eigenvalue weighted by Crippen LogP contribution is -2.37. The Bertz CT molecular complexity index is 1050. The standard InChI is InChI=1S/C23H16N2O6/c26-20-18(30-22(28)15-7-3-1-4-8-15)19(31-23(29)16-9-5-2-6-10-16)21(27)25(20)17-11-13-24-14-12-17/h1-14,18-19H/t18-,19-/m1/s1. The summed E-state index contributed by atoms with van der Waals surface area (Å²) in [6.45, 7) is 0. The summed E-state index contributed by atoms with van der Waals surface area (Å²) in [5.74, 6) is -3.26. The minimum atomic E-state index is -1.62. The third-order valence-electron chi connectivity index (χ3n) is 4.61. The quantitative estimate of drug-likeness (QED) is 0.465. The lowest BCUT2D eigenvalue weighted by atomic mass is 10.2. The molecule has 8 nitrogen and oxygen atoms in total. The molecule has 0 unspecified atom stereocenters. The third kappa shape index (κ3) is 4.04. The summed E-state index contributed by atoms with van der Waals surface area (Å²) >= 11 is 0. The smallest absolute Gasteiger partial charge is 0.339 e. The van der Waals surface area contributed by atoms with E-state index in [-0.39, 0.29) is 16.8 Å². The molecular weight excluding hydrogens is 400 g/mol. The van der Waals surface area contributed by atoms with E-state index in [2.05, 4.69) is 4.98 Å². The molecule has 2 amide bonds. The zero-order chi connectivity index (χ0) is 21.8. The maximum atomic E-state index is 13.0. The van der Waals surface area contributed by atoms with Crippen LogP contribution < -0.4 is 4.90 Å². The van der Waals surface area contributed by atoms with Gasteiger partial charge in [-0.3, -0.25) is 14.6 Å². The van der Waals surface area contributed by atoms with Crippen molar-refractivity contribution < 1.29 is 28.7 Å². The molecule has 2 aromatic carbocycles. The number of esters is 2. The number of hydrogen-bond acceptors (Lipinski definition) is 7. The Balaban J connectivity index is 1.64. The molecule has 0 spiro atoms. The van der Waals surface area contributed by atoms with Gasteiger partial charge >= 0.3 is 11.9 Å². The average molecular weight is 416 g/mol.